The summed E-state index contributed by atoms with van der Waals surface area (Å²) in [6.45, 7) is 71.7. The molecule has 9 heteroatoms. The number of amides is 4. The molecule has 0 atom stereocenters. The zero-order chi connectivity index (χ0) is 76.5. The molecule has 0 unspecified atom stereocenters. The van der Waals surface area contributed by atoms with Crippen LogP contribution in [0.2, 0.25) is 0 Å². The zero-order valence-electron chi connectivity index (χ0n) is 69.5. The highest BCUT2D eigenvalue weighted by molar-refractivity contribution is 6.26. The Hall–Kier alpha value is -6.29. The minimum absolute atomic E-state index is 0.193. The van der Waals surface area contributed by atoms with Crippen molar-refractivity contribution in [2.24, 2.45) is 13.0 Å². The summed E-state index contributed by atoms with van der Waals surface area (Å²) < 4.78 is 2.00. The summed E-state index contributed by atoms with van der Waals surface area (Å²) in [6.07, 6.45) is 9.38. The maximum absolute atomic E-state index is 12.1. The number of pyridine rings is 1. The number of imide groups is 2. The third-order valence-corrected chi connectivity index (χ3v) is 12.2. The van der Waals surface area contributed by atoms with Gasteiger partial charge in [0, 0.05) is 58.8 Å². The summed E-state index contributed by atoms with van der Waals surface area (Å²) in [4.78, 5) is 54.8. The third-order valence-electron chi connectivity index (χ3n) is 12.2. The second-order valence-corrected chi connectivity index (χ2v) is 18.1. The molecule has 0 saturated carbocycles. The fraction of sp³-hybridized carbons (Fsp3) is 0.565. The van der Waals surface area contributed by atoms with Crippen molar-refractivity contribution in [2.45, 2.75) is 261 Å². The molecule has 1 aliphatic carbocycles. The Morgan fingerprint density at radius 1 is 0.404 bits per heavy atom. The smallest absolute Gasteiger partial charge is 0.261 e. The van der Waals surface area contributed by atoms with E-state index in [2.05, 4.69) is 111 Å². The van der Waals surface area contributed by atoms with Gasteiger partial charge in [-0.15, -0.1) is 0 Å². The van der Waals surface area contributed by atoms with Crippen LogP contribution in [0, 0.1) is 5.92 Å². The lowest BCUT2D eigenvalue weighted by molar-refractivity contribution is -0.671. The van der Waals surface area contributed by atoms with E-state index in [0.717, 1.165) is 45.5 Å². The van der Waals surface area contributed by atoms with E-state index in [9.17, 15) is 19.2 Å². The van der Waals surface area contributed by atoms with Gasteiger partial charge < -0.3 is 9.80 Å². The third kappa shape index (κ3) is 47.6. The van der Waals surface area contributed by atoms with E-state index in [0.29, 0.717) is 28.8 Å². The zero-order valence-corrected chi connectivity index (χ0v) is 69.5. The van der Waals surface area contributed by atoms with E-state index in [-0.39, 0.29) is 23.6 Å². The molecule has 0 fully saturated rings. The lowest BCUT2D eigenvalue weighted by atomic mass is 9.92. The number of allylic oxidation sites excluding steroid dienone is 2. The van der Waals surface area contributed by atoms with Crippen LogP contribution in [-0.4, -0.2) is 98.1 Å². The molecule has 3 aliphatic rings. The molecule has 2 aliphatic heterocycles. The molecule has 3 heterocycles. The maximum Gasteiger partial charge on any atom is 0.261 e. The van der Waals surface area contributed by atoms with Crippen molar-refractivity contribution in [2.75, 3.05) is 54.9 Å². The molecule has 5 aromatic carbocycles. The second kappa shape index (κ2) is 82.8. The van der Waals surface area contributed by atoms with Gasteiger partial charge in [-0.05, 0) is 147 Å². The average molecular weight is 1310 g/mol. The Morgan fingerprint density at radius 3 is 0.851 bits per heavy atom. The van der Waals surface area contributed by atoms with Gasteiger partial charge in [0.05, 0.1) is 0 Å². The fourth-order valence-electron chi connectivity index (χ4n) is 7.26. The van der Waals surface area contributed by atoms with Gasteiger partial charge in [0.1, 0.15) is 7.05 Å². The summed E-state index contributed by atoms with van der Waals surface area (Å²) in [5, 5.41) is 3.44. The van der Waals surface area contributed by atoms with Crippen LogP contribution in [0.15, 0.2) is 139 Å². The van der Waals surface area contributed by atoms with Crippen LogP contribution in [0.3, 0.4) is 0 Å². The summed E-state index contributed by atoms with van der Waals surface area (Å²) >= 11 is 0. The molecule has 1 aromatic heterocycles. The minimum atomic E-state index is -0.228. The monoisotopic (exact) mass is 1310 g/mol. The summed E-state index contributed by atoms with van der Waals surface area (Å²) in [6, 6.07) is 36.9. The van der Waals surface area contributed by atoms with Crippen molar-refractivity contribution in [3.05, 3.63) is 172 Å². The Kier molecular flexibility index (Phi) is 98.7. The van der Waals surface area contributed by atoms with Crippen LogP contribution in [0.25, 0.3) is 21.5 Å². The first-order valence-electron chi connectivity index (χ1n) is 37.0. The quantitative estimate of drug-likeness (QED) is 0.0993. The van der Waals surface area contributed by atoms with Crippen LogP contribution in [0.5, 0.6) is 0 Å². The highest BCUT2D eigenvalue weighted by Gasteiger charge is 2.31. The molecule has 544 valence electrons. The van der Waals surface area contributed by atoms with Crippen LogP contribution in [-0.2, 0) is 19.9 Å². The fourth-order valence-corrected chi connectivity index (χ4v) is 7.26. The number of hydrogen-bond acceptors (Lipinski definition) is 6. The summed E-state index contributed by atoms with van der Waals surface area (Å²) in [7, 11) is 11.7. The topological polar surface area (TPSA) is 85.1 Å². The van der Waals surface area contributed by atoms with E-state index < -0.39 is 0 Å². The number of nitrogens with zero attached hydrogens (tertiary/aromatic N) is 5. The van der Waals surface area contributed by atoms with Crippen LogP contribution >= 0.6 is 0 Å². The number of aryl methyl sites for hydroxylation is 3. The lowest BCUT2D eigenvalue weighted by Gasteiger charge is -2.25. The SMILES string of the molecule is CC.CC.CC.CC.CC.CC.CC.CC.CC.CC.CC.CC.CC.CC(C)=C(C)C(C)C.CCN(C)C.CCN(C)C.CCN1C(=O)c2cccc3cccc(c23)C1=O.CN1C(=O)c2cccc3cccc(c23)C1=O.C[n+]1ccccc1.c1ccc2c(c1)CCCC2. The molecule has 0 bridgehead atoms. The van der Waals surface area contributed by atoms with Gasteiger partial charge >= 0.3 is 0 Å². The van der Waals surface area contributed by atoms with E-state index in [1.165, 1.54) is 48.8 Å². The first-order chi connectivity index (χ1) is 45.4. The van der Waals surface area contributed by atoms with Crippen molar-refractivity contribution in [1.29, 1.82) is 0 Å². The molecule has 0 radical (unpaired) electrons. The molecule has 4 amide bonds. The number of aromatic nitrogens is 1. The van der Waals surface area contributed by atoms with Crippen LogP contribution in [0.1, 0.15) is 301 Å². The van der Waals surface area contributed by atoms with Gasteiger partial charge in [0.25, 0.3) is 23.6 Å². The first kappa shape index (κ1) is 112. The highest BCUT2D eigenvalue weighted by atomic mass is 16.2. The molecule has 94 heavy (non-hydrogen) atoms. The van der Waals surface area contributed by atoms with E-state index in [1.807, 2.05) is 278 Å². The molecule has 0 spiro atoms. The van der Waals surface area contributed by atoms with Crippen molar-refractivity contribution in [3.8, 4) is 0 Å². The normalized spacial score (nSPS) is 10.2. The molecule has 6 aromatic rings. The molecular weight excluding hydrogens is 1150 g/mol. The van der Waals surface area contributed by atoms with Gasteiger partial charge in [-0.1, -0.05) is 298 Å². The van der Waals surface area contributed by atoms with E-state index in [4.69, 9.17) is 0 Å². The number of carbonyl (C=O) groups excluding carboxylic acids is 4. The van der Waals surface area contributed by atoms with Crippen molar-refractivity contribution >= 4 is 45.2 Å². The minimum Gasteiger partial charge on any atom is -0.310 e. The van der Waals surface area contributed by atoms with Crippen LogP contribution < -0.4 is 4.57 Å². The molecule has 9 nitrogen and oxygen atoms in total. The standard InChI is InChI=1S/C14H11NO2.C13H9NO2.C10H12.C8H16.C6H8N.2C4H11N.13C2H6/c1-2-15-13(16)10-7-3-5-9-6-4-8-11(12(9)10)14(15)17;1-14-12(15)9-6-2-4-8-5-3-7-10(11(8)9)13(14)16;1-2-6-10-8-4-3-7-9(10)5-1;1-6(2)8(5)7(3)4;1-7-5-3-2-4-6-7;2*1-4-5(2)3;13*1-2/h3-8H,2H2,1H3;2-7H,1H3;1-2,5-6H,3-4,7-8H2;6H,1-5H3;2-6H,1H3;2*4H2,1-3H3;13*1-2H3/q;;;;+1;;;;;;;;;;;;;;;. The number of rotatable bonds is 4. The summed E-state index contributed by atoms with van der Waals surface area (Å²) in [5.41, 5.74) is 8.59. The first-order valence-corrected chi connectivity index (χ1v) is 37.0. The maximum atomic E-state index is 12.1. The van der Waals surface area contributed by atoms with Gasteiger partial charge in [-0.3, -0.25) is 29.0 Å². The predicted molar refractivity (Wildman–Crippen MR) is 431 cm³/mol. The average Bonchev–Trinajstić information content (AvgIpc) is 0.766. The molecule has 0 N–H and O–H groups in total. The lowest BCUT2D eigenvalue weighted by Crippen LogP contribution is -2.39. The number of carbonyl (C=O) groups is 4. The molecular formula is C85H156N5O4+. The van der Waals surface area contributed by atoms with Gasteiger partial charge in [0.15, 0.2) is 12.4 Å². The van der Waals surface area contributed by atoms with Gasteiger partial charge in [0.2, 0.25) is 0 Å². The largest absolute Gasteiger partial charge is 0.310 e. The Bertz CT molecular complexity index is 2480. The Labute approximate surface area is 586 Å². The number of benzene rings is 5. The van der Waals surface area contributed by atoms with Gasteiger partial charge in [-0.25, -0.2) is 4.57 Å². The van der Waals surface area contributed by atoms with E-state index in [1.54, 1.807) is 35.4 Å². The molecule has 9 rings (SSSR count). The van der Waals surface area contributed by atoms with Crippen molar-refractivity contribution in [1.82, 2.24) is 19.6 Å². The van der Waals surface area contributed by atoms with E-state index >= 15 is 0 Å². The number of hydrogen-bond donors (Lipinski definition) is 0. The highest BCUT2D eigenvalue weighted by Crippen LogP contribution is 2.31. The Balaban J connectivity index is -0.0000000924. The van der Waals surface area contributed by atoms with Crippen molar-refractivity contribution < 1.29 is 23.7 Å². The predicted octanol–water partition coefficient (Wildman–Crippen LogP) is 25.1. The van der Waals surface area contributed by atoms with Gasteiger partial charge in [-0.2, -0.15) is 0 Å². The Morgan fingerprint density at radius 2 is 0.660 bits per heavy atom. The van der Waals surface area contributed by atoms with Crippen LogP contribution in [0.4, 0.5) is 0 Å². The summed E-state index contributed by atoms with van der Waals surface area (Å²) in [5.74, 6) is -0.118. The number of fused-ring (bicyclic) bond motifs is 1. The second-order valence-electron chi connectivity index (χ2n) is 18.1. The molecule has 0 saturated heterocycles. The van der Waals surface area contributed by atoms with Crippen molar-refractivity contribution in [3.63, 3.8) is 0 Å².